The lowest BCUT2D eigenvalue weighted by atomic mass is 9.75. The van der Waals surface area contributed by atoms with Crippen molar-refractivity contribution in [2.24, 2.45) is 5.92 Å². The van der Waals surface area contributed by atoms with Crippen LogP contribution in [0.3, 0.4) is 0 Å². The third-order valence-electron chi connectivity index (χ3n) is 5.47. The van der Waals surface area contributed by atoms with E-state index in [1.807, 2.05) is 0 Å². The van der Waals surface area contributed by atoms with Gasteiger partial charge in [0.2, 0.25) is 0 Å². The van der Waals surface area contributed by atoms with Crippen molar-refractivity contribution in [2.75, 3.05) is 0 Å². The maximum atomic E-state index is 3.92. The molecule has 0 aliphatic heterocycles. The molecule has 2 heteroatoms. The first-order valence-corrected chi connectivity index (χ1v) is 9.55. The highest BCUT2D eigenvalue weighted by Crippen LogP contribution is 2.39. The summed E-state index contributed by atoms with van der Waals surface area (Å²) in [5, 5.41) is 3.92. The molecular formula is C19H28BrN. The fourth-order valence-electron chi connectivity index (χ4n) is 4.15. The Morgan fingerprint density at radius 1 is 1.10 bits per heavy atom. The molecule has 2 saturated carbocycles. The van der Waals surface area contributed by atoms with E-state index in [0.717, 1.165) is 23.9 Å². The predicted molar refractivity (Wildman–Crippen MR) is 93.7 cm³/mol. The van der Waals surface area contributed by atoms with E-state index in [9.17, 15) is 0 Å². The molecule has 2 aliphatic carbocycles. The molecule has 1 nitrogen and oxygen atoms in total. The Morgan fingerprint density at radius 3 is 2.52 bits per heavy atom. The summed E-state index contributed by atoms with van der Waals surface area (Å²) in [6.07, 6.45) is 11.2. The van der Waals surface area contributed by atoms with Gasteiger partial charge in [0.25, 0.3) is 0 Å². The Labute approximate surface area is 138 Å². The van der Waals surface area contributed by atoms with Gasteiger partial charge in [-0.15, -0.1) is 0 Å². The van der Waals surface area contributed by atoms with E-state index in [1.54, 1.807) is 0 Å². The van der Waals surface area contributed by atoms with Crippen LogP contribution in [0, 0.1) is 5.92 Å². The summed E-state index contributed by atoms with van der Waals surface area (Å²) in [6, 6.07) is 10.4. The van der Waals surface area contributed by atoms with Crippen molar-refractivity contribution in [1.82, 2.24) is 5.32 Å². The summed E-state index contributed by atoms with van der Waals surface area (Å²) in [4.78, 5) is 0. The van der Waals surface area contributed by atoms with Crippen molar-refractivity contribution < 1.29 is 0 Å². The summed E-state index contributed by atoms with van der Waals surface area (Å²) in [6.45, 7) is 2.32. The first-order valence-electron chi connectivity index (χ1n) is 8.76. The SMILES string of the molecule is CCCC1CCC(NC2CC(c3cccc(Br)c3)C2)CC1. The van der Waals surface area contributed by atoms with E-state index < -0.39 is 0 Å². The Morgan fingerprint density at radius 2 is 1.86 bits per heavy atom. The molecule has 2 fully saturated rings. The second kappa shape index (κ2) is 7.28. The van der Waals surface area contributed by atoms with Crippen molar-refractivity contribution in [1.29, 1.82) is 0 Å². The van der Waals surface area contributed by atoms with Crippen molar-refractivity contribution in [3.05, 3.63) is 34.3 Å². The van der Waals surface area contributed by atoms with Crippen LogP contribution in [0.4, 0.5) is 0 Å². The van der Waals surface area contributed by atoms with Crippen LogP contribution in [0.15, 0.2) is 28.7 Å². The first-order chi connectivity index (χ1) is 10.2. The normalized spacial score (nSPS) is 32.7. The Bertz CT molecular complexity index is 445. The first kappa shape index (κ1) is 15.6. The maximum Gasteiger partial charge on any atom is 0.0178 e. The minimum Gasteiger partial charge on any atom is -0.311 e. The molecule has 3 rings (SSSR count). The fourth-order valence-corrected chi connectivity index (χ4v) is 4.56. The molecule has 1 aromatic rings. The highest BCUT2D eigenvalue weighted by molar-refractivity contribution is 9.10. The van der Waals surface area contributed by atoms with Gasteiger partial charge in [0.15, 0.2) is 0 Å². The molecule has 116 valence electrons. The molecule has 0 aromatic heterocycles. The van der Waals surface area contributed by atoms with Crippen LogP contribution in [-0.4, -0.2) is 12.1 Å². The monoisotopic (exact) mass is 349 g/mol. The van der Waals surface area contributed by atoms with Gasteiger partial charge >= 0.3 is 0 Å². The van der Waals surface area contributed by atoms with E-state index in [0.29, 0.717) is 0 Å². The molecule has 1 N–H and O–H groups in total. The van der Waals surface area contributed by atoms with Gasteiger partial charge < -0.3 is 5.32 Å². The van der Waals surface area contributed by atoms with Gasteiger partial charge in [0.05, 0.1) is 0 Å². The third kappa shape index (κ3) is 4.10. The zero-order valence-corrected chi connectivity index (χ0v) is 14.7. The molecule has 0 spiro atoms. The molecule has 2 aliphatic rings. The average molecular weight is 350 g/mol. The van der Waals surface area contributed by atoms with Crippen LogP contribution in [0.1, 0.15) is 69.8 Å². The molecule has 0 atom stereocenters. The summed E-state index contributed by atoms with van der Waals surface area (Å²) in [7, 11) is 0. The lowest BCUT2D eigenvalue weighted by Crippen LogP contribution is -2.46. The van der Waals surface area contributed by atoms with Crippen LogP contribution < -0.4 is 5.32 Å². The zero-order chi connectivity index (χ0) is 14.7. The van der Waals surface area contributed by atoms with Crippen LogP contribution in [0.25, 0.3) is 0 Å². The average Bonchev–Trinajstić information content (AvgIpc) is 2.44. The molecule has 1 aromatic carbocycles. The molecule has 0 unspecified atom stereocenters. The number of halogens is 1. The molecule has 0 bridgehead atoms. The summed E-state index contributed by atoms with van der Waals surface area (Å²) in [5.41, 5.74) is 1.51. The topological polar surface area (TPSA) is 12.0 Å². The highest BCUT2D eigenvalue weighted by atomic mass is 79.9. The van der Waals surface area contributed by atoms with Crippen LogP contribution in [-0.2, 0) is 0 Å². The lowest BCUT2D eigenvalue weighted by Gasteiger charge is -2.40. The van der Waals surface area contributed by atoms with Crippen LogP contribution in [0.2, 0.25) is 0 Å². The fraction of sp³-hybridized carbons (Fsp3) is 0.684. The van der Waals surface area contributed by atoms with Gasteiger partial charge in [-0.05, 0) is 68.1 Å². The molecule has 0 heterocycles. The lowest BCUT2D eigenvalue weighted by molar-refractivity contribution is 0.212. The third-order valence-corrected chi connectivity index (χ3v) is 5.97. The summed E-state index contributed by atoms with van der Waals surface area (Å²) in [5.74, 6) is 1.79. The molecule has 0 saturated heterocycles. The number of benzene rings is 1. The van der Waals surface area contributed by atoms with Gasteiger partial charge in [-0.1, -0.05) is 47.8 Å². The van der Waals surface area contributed by atoms with Gasteiger partial charge in [0, 0.05) is 16.6 Å². The minimum absolute atomic E-state index is 0.765. The smallest absolute Gasteiger partial charge is 0.0178 e. The van der Waals surface area contributed by atoms with Gasteiger partial charge in [-0.2, -0.15) is 0 Å². The molecule has 21 heavy (non-hydrogen) atoms. The van der Waals surface area contributed by atoms with Crippen LogP contribution >= 0.6 is 15.9 Å². The minimum atomic E-state index is 0.765. The van der Waals surface area contributed by atoms with Crippen molar-refractivity contribution in [2.45, 2.75) is 76.3 Å². The van der Waals surface area contributed by atoms with E-state index in [1.165, 1.54) is 61.4 Å². The Balaban J connectivity index is 1.39. The van der Waals surface area contributed by atoms with E-state index in [4.69, 9.17) is 0 Å². The number of hydrogen-bond acceptors (Lipinski definition) is 1. The second-order valence-corrected chi connectivity index (χ2v) is 8.01. The summed E-state index contributed by atoms with van der Waals surface area (Å²) >= 11 is 3.58. The van der Waals surface area contributed by atoms with E-state index in [-0.39, 0.29) is 0 Å². The number of hydrogen-bond donors (Lipinski definition) is 1. The van der Waals surface area contributed by atoms with Crippen molar-refractivity contribution in [3.8, 4) is 0 Å². The summed E-state index contributed by atoms with van der Waals surface area (Å²) < 4.78 is 1.21. The number of rotatable bonds is 5. The van der Waals surface area contributed by atoms with Gasteiger partial charge in [-0.25, -0.2) is 0 Å². The Hall–Kier alpha value is -0.340. The maximum absolute atomic E-state index is 3.92. The highest BCUT2D eigenvalue weighted by Gasteiger charge is 2.32. The Kier molecular flexibility index (Phi) is 5.39. The van der Waals surface area contributed by atoms with Gasteiger partial charge in [-0.3, -0.25) is 0 Å². The largest absolute Gasteiger partial charge is 0.311 e. The zero-order valence-electron chi connectivity index (χ0n) is 13.2. The molecule has 0 amide bonds. The molecular weight excluding hydrogens is 322 g/mol. The number of nitrogens with one attached hydrogen (secondary N) is 1. The standard InChI is InChI=1S/C19H28BrN/c1-2-4-14-7-9-18(10-8-14)21-19-12-16(13-19)15-5-3-6-17(20)11-15/h3,5-6,11,14,16,18-19,21H,2,4,7-10,12-13H2,1H3. The van der Waals surface area contributed by atoms with E-state index in [2.05, 4.69) is 52.4 Å². The predicted octanol–water partition coefficient (Wildman–Crippen LogP) is 5.64. The van der Waals surface area contributed by atoms with Gasteiger partial charge in [0.1, 0.15) is 0 Å². The van der Waals surface area contributed by atoms with Crippen molar-refractivity contribution >= 4 is 15.9 Å². The van der Waals surface area contributed by atoms with Crippen LogP contribution in [0.5, 0.6) is 0 Å². The molecule has 0 radical (unpaired) electrons. The second-order valence-electron chi connectivity index (χ2n) is 7.09. The van der Waals surface area contributed by atoms with Crippen molar-refractivity contribution in [3.63, 3.8) is 0 Å². The quantitative estimate of drug-likeness (QED) is 0.724. The van der Waals surface area contributed by atoms with E-state index >= 15 is 0 Å².